The third-order valence-electron chi connectivity index (χ3n) is 4.87. The van der Waals surface area contributed by atoms with Gasteiger partial charge in [0.15, 0.2) is 5.82 Å². The van der Waals surface area contributed by atoms with Gasteiger partial charge in [-0.2, -0.15) is 15.1 Å². The van der Waals surface area contributed by atoms with Crippen molar-refractivity contribution in [3.63, 3.8) is 0 Å². The Kier molecular flexibility index (Phi) is 5.64. The summed E-state index contributed by atoms with van der Waals surface area (Å²) in [5.41, 5.74) is 3.83. The van der Waals surface area contributed by atoms with Crippen LogP contribution in [0.4, 0.5) is 17.6 Å². The van der Waals surface area contributed by atoms with Crippen molar-refractivity contribution in [2.75, 3.05) is 41.4 Å². The molecule has 1 aromatic carbocycles. The van der Waals surface area contributed by atoms with E-state index in [0.717, 1.165) is 43.5 Å². The van der Waals surface area contributed by atoms with Gasteiger partial charge in [0.05, 0.1) is 11.2 Å². The number of halogens is 2. The van der Waals surface area contributed by atoms with Crippen LogP contribution < -0.4 is 15.2 Å². The van der Waals surface area contributed by atoms with Crippen molar-refractivity contribution in [2.24, 2.45) is 5.10 Å². The topological polar surface area (TPSA) is 56.7 Å². The van der Waals surface area contributed by atoms with Crippen molar-refractivity contribution in [3.05, 3.63) is 39.9 Å². The van der Waals surface area contributed by atoms with Crippen LogP contribution in [0.15, 0.2) is 29.4 Å². The number of hydrogen-bond acceptors (Lipinski definition) is 6. The smallest absolute Gasteiger partial charge is 0.229 e. The summed E-state index contributed by atoms with van der Waals surface area (Å²) in [5, 5.41) is 5.47. The zero-order valence-electron chi connectivity index (χ0n) is 15.0. The molecule has 2 aromatic rings. The molecule has 0 bridgehead atoms. The fourth-order valence-electron chi connectivity index (χ4n) is 3.42. The number of nitrogens with one attached hydrogen (secondary N) is 1. The van der Waals surface area contributed by atoms with Gasteiger partial charge in [0.1, 0.15) is 5.82 Å². The molecule has 142 valence electrons. The zero-order chi connectivity index (χ0) is 18.6. The number of anilines is 3. The second-order valence-electron chi connectivity index (χ2n) is 6.84. The predicted octanol–water partition coefficient (Wildman–Crippen LogP) is 4.43. The lowest BCUT2D eigenvalue weighted by Gasteiger charge is -2.21. The van der Waals surface area contributed by atoms with Crippen LogP contribution in [0.1, 0.15) is 31.2 Å². The Labute approximate surface area is 169 Å². The van der Waals surface area contributed by atoms with Crippen molar-refractivity contribution in [1.29, 1.82) is 0 Å². The largest absolute Gasteiger partial charge is 0.356 e. The molecule has 6 nitrogen and oxygen atoms in total. The second-order valence-corrected chi connectivity index (χ2v) is 7.68. The maximum atomic E-state index is 6.19. The molecule has 0 saturated carbocycles. The highest BCUT2D eigenvalue weighted by Crippen LogP contribution is 2.25. The summed E-state index contributed by atoms with van der Waals surface area (Å²) in [6, 6.07) is 7.29. The molecule has 0 atom stereocenters. The first kappa shape index (κ1) is 18.3. The van der Waals surface area contributed by atoms with Crippen molar-refractivity contribution in [1.82, 2.24) is 9.97 Å². The minimum absolute atomic E-state index is 0.561. The van der Waals surface area contributed by atoms with E-state index in [1.54, 1.807) is 18.3 Å². The molecule has 27 heavy (non-hydrogen) atoms. The third-order valence-corrected chi connectivity index (χ3v) is 5.43. The first-order valence-corrected chi connectivity index (χ1v) is 10.1. The molecule has 0 unspecified atom stereocenters. The summed E-state index contributed by atoms with van der Waals surface area (Å²) in [4.78, 5) is 14.0. The Balaban J connectivity index is 1.55. The fraction of sp³-hybridized carbons (Fsp3) is 0.421. The van der Waals surface area contributed by atoms with Crippen LogP contribution in [0.2, 0.25) is 10.0 Å². The first-order chi connectivity index (χ1) is 13.2. The van der Waals surface area contributed by atoms with Crippen molar-refractivity contribution in [3.8, 4) is 0 Å². The van der Waals surface area contributed by atoms with E-state index in [-0.39, 0.29) is 0 Å². The molecule has 2 aliphatic heterocycles. The van der Waals surface area contributed by atoms with Crippen molar-refractivity contribution in [2.45, 2.75) is 25.7 Å². The third kappa shape index (κ3) is 4.45. The predicted molar refractivity (Wildman–Crippen MR) is 113 cm³/mol. The lowest BCUT2D eigenvalue weighted by atomic mass is 10.2. The standard InChI is InChI=1S/C19H22Cl2N6/c20-15-6-5-14(16(21)11-15)13-22-25-17-12-18(26-7-1-2-8-26)24-19(23-17)27-9-3-4-10-27/h5-6,11-13H,1-4,7-10H2,(H,23,24,25)/b22-13-. The van der Waals surface area contributed by atoms with E-state index in [4.69, 9.17) is 28.2 Å². The van der Waals surface area contributed by atoms with Gasteiger partial charge in [-0.3, -0.25) is 5.43 Å². The highest BCUT2D eigenvalue weighted by molar-refractivity contribution is 6.36. The van der Waals surface area contributed by atoms with Crippen LogP contribution in [-0.2, 0) is 0 Å². The number of benzene rings is 1. The molecule has 4 rings (SSSR count). The lowest BCUT2D eigenvalue weighted by Crippen LogP contribution is -2.24. The molecule has 3 heterocycles. The first-order valence-electron chi connectivity index (χ1n) is 9.32. The average molecular weight is 405 g/mol. The van der Waals surface area contributed by atoms with Gasteiger partial charge in [-0.15, -0.1) is 0 Å². The van der Waals surface area contributed by atoms with E-state index in [1.807, 2.05) is 12.1 Å². The maximum absolute atomic E-state index is 6.19. The van der Waals surface area contributed by atoms with Gasteiger partial charge in [0.2, 0.25) is 5.95 Å². The molecule has 2 aliphatic rings. The van der Waals surface area contributed by atoms with E-state index < -0.39 is 0 Å². The van der Waals surface area contributed by atoms with Gasteiger partial charge in [-0.1, -0.05) is 29.3 Å². The van der Waals surface area contributed by atoms with Gasteiger partial charge >= 0.3 is 0 Å². The van der Waals surface area contributed by atoms with E-state index >= 15 is 0 Å². The molecule has 1 aromatic heterocycles. The van der Waals surface area contributed by atoms with Crippen LogP contribution in [0, 0.1) is 0 Å². The van der Waals surface area contributed by atoms with Gasteiger partial charge in [0, 0.05) is 42.8 Å². The molecular formula is C19H22Cl2N6. The minimum Gasteiger partial charge on any atom is -0.356 e. The Morgan fingerprint density at radius 2 is 1.63 bits per heavy atom. The highest BCUT2D eigenvalue weighted by atomic mass is 35.5. The number of aromatic nitrogens is 2. The molecule has 2 fully saturated rings. The van der Waals surface area contributed by atoms with Gasteiger partial charge in [-0.25, -0.2) is 0 Å². The monoisotopic (exact) mass is 404 g/mol. The molecule has 2 saturated heterocycles. The molecule has 0 radical (unpaired) electrons. The average Bonchev–Trinajstić information content (AvgIpc) is 3.37. The summed E-state index contributed by atoms with van der Waals surface area (Å²) < 4.78 is 0. The molecule has 0 spiro atoms. The fourth-order valence-corrected chi connectivity index (χ4v) is 3.88. The number of rotatable bonds is 5. The molecule has 1 N–H and O–H groups in total. The zero-order valence-corrected chi connectivity index (χ0v) is 16.5. The number of hydrogen-bond donors (Lipinski definition) is 1. The second kappa shape index (κ2) is 8.31. The summed E-state index contributed by atoms with van der Waals surface area (Å²) in [6.07, 6.45) is 6.46. The van der Waals surface area contributed by atoms with Crippen molar-refractivity contribution >= 4 is 47.0 Å². The van der Waals surface area contributed by atoms with Crippen molar-refractivity contribution < 1.29 is 0 Å². The van der Waals surface area contributed by atoms with Crippen LogP contribution >= 0.6 is 23.2 Å². The summed E-state index contributed by atoms with van der Waals surface area (Å²) >= 11 is 12.1. The van der Waals surface area contributed by atoms with Gasteiger partial charge in [-0.05, 0) is 37.8 Å². The van der Waals surface area contributed by atoms with E-state index in [2.05, 4.69) is 25.3 Å². The normalized spacial score (nSPS) is 17.3. The summed E-state index contributed by atoms with van der Waals surface area (Å²) in [7, 11) is 0. The Hall–Kier alpha value is -2.05. The number of nitrogens with zero attached hydrogens (tertiary/aromatic N) is 5. The van der Waals surface area contributed by atoms with E-state index in [1.165, 1.54) is 25.7 Å². The summed E-state index contributed by atoms with van der Waals surface area (Å²) in [5.74, 6) is 2.43. The summed E-state index contributed by atoms with van der Waals surface area (Å²) in [6.45, 7) is 4.10. The molecular weight excluding hydrogens is 383 g/mol. The molecule has 0 aliphatic carbocycles. The SMILES string of the molecule is Clc1ccc(/C=N\Nc2cc(N3CCCC3)nc(N3CCCC3)n2)c(Cl)c1. The quantitative estimate of drug-likeness (QED) is 0.589. The molecule has 0 amide bonds. The van der Waals surface area contributed by atoms with Gasteiger partial charge < -0.3 is 9.80 Å². The Bertz CT molecular complexity index is 795. The minimum atomic E-state index is 0.561. The van der Waals surface area contributed by atoms with Crippen LogP contribution in [0.3, 0.4) is 0 Å². The highest BCUT2D eigenvalue weighted by Gasteiger charge is 2.20. The van der Waals surface area contributed by atoms with Gasteiger partial charge in [0.25, 0.3) is 0 Å². The van der Waals surface area contributed by atoms with Crippen LogP contribution in [0.5, 0.6) is 0 Å². The van der Waals surface area contributed by atoms with E-state index in [9.17, 15) is 0 Å². The van der Waals surface area contributed by atoms with Crippen LogP contribution in [0.25, 0.3) is 0 Å². The lowest BCUT2D eigenvalue weighted by molar-refractivity contribution is 0.871. The Morgan fingerprint density at radius 3 is 2.33 bits per heavy atom. The van der Waals surface area contributed by atoms with Crippen LogP contribution in [-0.4, -0.2) is 42.4 Å². The number of hydrazone groups is 1. The Morgan fingerprint density at radius 1 is 0.926 bits per heavy atom. The molecule has 8 heteroatoms. The maximum Gasteiger partial charge on any atom is 0.229 e. The van der Waals surface area contributed by atoms with E-state index in [0.29, 0.717) is 15.9 Å².